The predicted molar refractivity (Wildman–Crippen MR) is 88.9 cm³/mol. The highest BCUT2D eigenvalue weighted by atomic mass is 16.4. The maximum Gasteiger partial charge on any atom is 0.316 e. The molecule has 4 heteroatoms. The average Bonchev–Trinajstić information content (AvgIpc) is 2.46. The van der Waals surface area contributed by atoms with Crippen LogP contribution in [-0.2, 0) is 9.59 Å². The highest BCUT2D eigenvalue weighted by Gasteiger charge is 2.32. The number of aliphatic carboxylic acids is 1. The number of unbranched alkanes of at least 4 members (excludes halogenated alkanes) is 8. The monoisotopic (exact) mass is 314 g/mol. The molecule has 4 nitrogen and oxygen atoms in total. The van der Waals surface area contributed by atoms with Gasteiger partial charge in [-0.15, -0.1) is 0 Å². The zero-order chi connectivity index (χ0) is 16.8. The number of hydrogen-bond donors (Lipinski definition) is 2. The zero-order valence-corrected chi connectivity index (χ0v) is 14.4. The van der Waals surface area contributed by atoms with Crippen LogP contribution in [0.25, 0.3) is 0 Å². The molecule has 130 valence electrons. The Labute approximate surface area is 135 Å². The number of carbonyl (C=O) groups is 2. The van der Waals surface area contributed by atoms with Gasteiger partial charge in [0, 0.05) is 6.42 Å². The maximum atomic E-state index is 12.1. The van der Waals surface area contributed by atoms with Crippen molar-refractivity contribution in [2.24, 2.45) is 5.92 Å². The third-order valence-electron chi connectivity index (χ3n) is 4.13. The number of carboxylic acids is 1. The van der Waals surface area contributed by atoms with E-state index in [9.17, 15) is 19.8 Å². The van der Waals surface area contributed by atoms with Gasteiger partial charge in [-0.2, -0.15) is 0 Å². The third-order valence-corrected chi connectivity index (χ3v) is 4.13. The van der Waals surface area contributed by atoms with Crippen LogP contribution in [0.5, 0.6) is 0 Å². The SMILES string of the molecule is CCCCCCCC(=O)C(C(=O)O)C(O)CCCCCCC. The quantitative estimate of drug-likeness (QED) is 0.348. The van der Waals surface area contributed by atoms with Crippen LogP contribution in [0, 0.1) is 5.92 Å². The second kappa shape index (κ2) is 13.7. The molecule has 0 aliphatic rings. The fraction of sp³-hybridized carbons (Fsp3) is 0.889. The van der Waals surface area contributed by atoms with E-state index in [4.69, 9.17) is 0 Å². The molecular formula is C18H34O4. The van der Waals surface area contributed by atoms with Crippen molar-refractivity contribution in [3.63, 3.8) is 0 Å². The topological polar surface area (TPSA) is 74.6 Å². The Morgan fingerprint density at radius 2 is 1.32 bits per heavy atom. The highest BCUT2D eigenvalue weighted by Crippen LogP contribution is 2.18. The van der Waals surface area contributed by atoms with E-state index in [1.165, 1.54) is 0 Å². The van der Waals surface area contributed by atoms with Crippen molar-refractivity contribution in [2.45, 2.75) is 97.0 Å². The minimum atomic E-state index is -1.24. The zero-order valence-electron chi connectivity index (χ0n) is 14.4. The van der Waals surface area contributed by atoms with E-state index >= 15 is 0 Å². The lowest BCUT2D eigenvalue weighted by Gasteiger charge is -2.18. The second-order valence-electron chi connectivity index (χ2n) is 6.22. The lowest BCUT2D eigenvalue weighted by atomic mass is 9.90. The number of rotatable bonds is 15. The van der Waals surface area contributed by atoms with Crippen molar-refractivity contribution >= 4 is 11.8 Å². The summed E-state index contributed by atoms with van der Waals surface area (Å²) in [6.45, 7) is 4.26. The molecule has 0 saturated carbocycles. The van der Waals surface area contributed by atoms with Gasteiger partial charge in [0.1, 0.15) is 11.7 Å². The Bertz CT molecular complexity index is 301. The molecule has 0 aromatic rings. The molecule has 22 heavy (non-hydrogen) atoms. The number of carboxylic acid groups (broad SMARTS) is 1. The average molecular weight is 314 g/mol. The molecule has 0 aliphatic carbocycles. The first-order valence-corrected chi connectivity index (χ1v) is 8.98. The van der Waals surface area contributed by atoms with E-state index in [1.54, 1.807) is 0 Å². The van der Waals surface area contributed by atoms with Crippen molar-refractivity contribution in [3.05, 3.63) is 0 Å². The molecule has 0 saturated heterocycles. The third kappa shape index (κ3) is 9.93. The van der Waals surface area contributed by atoms with Gasteiger partial charge in [0.25, 0.3) is 0 Å². The molecule has 0 radical (unpaired) electrons. The van der Waals surface area contributed by atoms with Gasteiger partial charge in [-0.3, -0.25) is 9.59 Å². The van der Waals surface area contributed by atoms with Gasteiger partial charge in [-0.25, -0.2) is 0 Å². The van der Waals surface area contributed by atoms with Crippen LogP contribution in [0.15, 0.2) is 0 Å². The number of aliphatic hydroxyl groups is 1. The lowest BCUT2D eigenvalue weighted by molar-refractivity contribution is -0.151. The molecule has 0 aromatic heterocycles. The van der Waals surface area contributed by atoms with Crippen LogP contribution in [0.3, 0.4) is 0 Å². The van der Waals surface area contributed by atoms with Crippen molar-refractivity contribution in [3.8, 4) is 0 Å². The minimum Gasteiger partial charge on any atom is -0.481 e. The smallest absolute Gasteiger partial charge is 0.316 e. The number of carbonyl (C=O) groups excluding carboxylic acids is 1. The Morgan fingerprint density at radius 1 is 0.818 bits per heavy atom. The van der Waals surface area contributed by atoms with E-state index in [0.29, 0.717) is 6.42 Å². The molecule has 0 rings (SSSR count). The highest BCUT2D eigenvalue weighted by molar-refractivity contribution is 5.98. The fourth-order valence-electron chi connectivity index (χ4n) is 2.70. The van der Waals surface area contributed by atoms with Crippen molar-refractivity contribution in [1.29, 1.82) is 0 Å². The van der Waals surface area contributed by atoms with E-state index in [2.05, 4.69) is 13.8 Å². The molecule has 0 fully saturated rings. The summed E-state index contributed by atoms with van der Waals surface area (Å²) >= 11 is 0. The normalized spacial score (nSPS) is 13.8. The summed E-state index contributed by atoms with van der Waals surface area (Å²) in [4.78, 5) is 23.3. The lowest BCUT2D eigenvalue weighted by Crippen LogP contribution is -2.35. The van der Waals surface area contributed by atoms with Crippen molar-refractivity contribution in [1.82, 2.24) is 0 Å². The molecule has 0 bridgehead atoms. The number of hydrogen-bond acceptors (Lipinski definition) is 3. The summed E-state index contributed by atoms with van der Waals surface area (Å²) in [5, 5.41) is 19.3. The van der Waals surface area contributed by atoms with Gasteiger partial charge >= 0.3 is 5.97 Å². The van der Waals surface area contributed by atoms with E-state index in [0.717, 1.165) is 64.2 Å². The van der Waals surface area contributed by atoms with E-state index in [1.807, 2.05) is 0 Å². The van der Waals surface area contributed by atoms with E-state index in [-0.39, 0.29) is 12.2 Å². The molecule has 2 unspecified atom stereocenters. The molecule has 2 N–H and O–H groups in total. The Balaban J connectivity index is 4.10. The predicted octanol–water partition coefficient (Wildman–Crippen LogP) is 4.34. The van der Waals surface area contributed by atoms with Crippen LogP contribution in [0.4, 0.5) is 0 Å². The molecule has 0 amide bonds. The summed E-state index contributed by atoms with van der Waals surface area (Å²) in [5.74, 6) is -2.73. The van der Waals surface area contributed by atoms with Gasteiger partial charge in [0.15, 0.2) is 0 Å². The summed E-state index contributed by atoms with van der Waals surface area (Å²) in [6.07, 6.45) is 9.89. The van der Waals surface area contributed by atoms with Crippen molar-refractivity contribution in [2.75, 3.05) is 0 Å². The molecule has 2 atom stereocenters. The standard InChI is InChI=1S/C18H34O4/c1-3-5-7-9-11-13-15(19)17(18(21)22)16(20)14-12-10-8-6-4-2/h15,17,19H,3-14H2,1-2H3,(H,21,22). The summed E-state index contributed by atoms with van der Waals surface area (Å²) in [7, 11) is 0. The first kappa shape index (κ1) is 21.1. The summed E-state index contributed by atoms with van der Waals surface area (Å²) in [5.41, 5.74) is 0. The second-order valence-corrected chi connectivity index (χ2v) is 6.22. The summed E-state index contributed by atoms with van der Waals surface area (Å²) in [6, 6.07) is 0. The van der Waals surface area contributed by atoms with Crippen LogP contribution in [0.1, 0.15) is 90.9 Å². The van der Waals surface area contributed by atoms with Crippen molar-refractivity contribution < 1.29 is 19.8 Å². The van der Waals surface area contributed by atoms with Gasteiger partial charge in [-0.05, 0) is 12.8 Å². The molecule has 0 spiro atoms. The van der Waals surface area contributed by atoms with Crippen LogP contribution in [-0.4, -0.2) is 28.1 Å². The van der Waals surface area contributed by atoms with Crippen LogP contribution >= 0.6 is 0 Å². The van der Waals surface area contributed by atoms with Crippen LogP contribution in [0.2, 0.25) is 0 Å². The van der Waals surface area contributed by atoms with Gasteiger partial charge < -0.3 is 10.2 Å². The molecule has 0 heterocycles. The number of Topliss-reactive ketones (excluding diaryl/α,β-unsaturated/α-hetero) is 1. The van der Waals surface area contributed by atoms with Crippen LogP contribution < -0.4 is 0 Å². The minimum absolute atomic E-state index is 0.271. The van der Waals surface area contributed by atoms with E-state index < -0.39 is 18.0 Å². The molecule has 0 aliphatic heterocycles. The molecular weight excluding hydrogens is 280 g/mol. The fourth-order valence-corrected chi connectivity index (χ4v) is 2.70. The Kier molecular flexibility index (Phi) is 13.2. The van der Waals surface area contributed by atoms with Gasteiger partial charge in [0.05, 0.1) is 6.10 Å². The Morgan fingerprint density at radius 3 is 1.82 bits per heavy atom. The Hall–Kier alpha value is -0.900. The molecule has 0 aromatic carbocycles. The van der Waals surface area contributed by atoms with Gasteiger partial charge in [-0.1, -0.05) is 71.6 Å². The largest absolute Gasteiger partial charge is 0.481 e. The van der Waals surface area contributed by atoms with Gasteiger partial charge in [0.2, 0.25) is 0 Å². The summed E-state index contributed by atoms with van der Waals surface area (Å²) < 4.78 is 0. The first-order valence-electron chi connectivity index (χ1n) is 8.98. The number of aliphatic hydroxyl groups excluding tert-OH is 1. The first-order chi connectivity index (χ1) is 10.5. The number of ketones is 1. The maximum absolute atomic E-state index is 12.1.